The molecule has 0 amide bonds. The number of ether oxygens (including phenoxy) is 1. The molecule has 0 saturated heterocycles. The number of hydrogen-bond donors (Lipinski definition) is 2. The Bertz CT molecular complexity index is 839. The summed E-state index contributed by atoms with van der Waals surface area (Å²) >= 11 is 0. The molecule has 0 bridgehead atoms. The molecule has 3 rings (SSSR count). The second-order valence-electron chi connectivity index (χ2n) is 6.49. The quantitative estimate of drug-likeness (QED) is 0.683. The van der Waals surface area contributed by atoms with Crippen LogP contribution in [0, 0.1) is 0 Å². The minimum atomic E-state index is -1.11. The number of nitrogens with zero attached hydrogens (tertiary/aromatic N) is 2. The van der Waals surface area contributed by atoms with Crippen molar-refractivity contribution in [2.24, 2.45) is 0 Å². The van der Waals surface area contributed by atoms with Gasteiger partial charge in [-0.15, -0.1) is 0 Å². The van der Waals surface area contributed by atoms with Crippen LogP contribution < -0.4 is 4.74 Å². The Morgan fingerprint density at radius 1 is 1.08 bits per heavy atom. The minimum absolute atomic E-state index is 0.0425. The van der Waals surface area contributed by atoms with E-state index in [-0.39, 0.29) is 6.61 Å². The summed E-state index contributed by atoms with van der Waals surface area (Å²) in [6.45, 7) is 1.78. The van der Waals surface area contributed by atoms with Crippen molar-refractivity contribution in [3.8, 4) is 22.7 Å². The van der Waals surface area contributed by atoms with Gasteiger partial charge in [0.05, 0.1) is 24.2 Å². The highest BCUT2D eigenvalue weighted by Crippen LogP contribution is 2.31. The molecular formula is C21H24N2O3. The van der Waals surface area contributed by atoms with Crippen molar-refractivity contribution < 1.29 is 14.9 Å². The monoisotopic (exact) mass is 352 g/mol. The van der Waals surface area contributed by atoms with Gasteiger partial charge in [0.1, 0.15) is 11.4 Å². The molecule has 1 heterocycles. The Balaban J connectivity index is 2.08. The SMILES string of the molecule is COc1ccc(-n2nc(C(C)(O)CCCO)cc2-c2ccccc2)cc1. The smallest absolute Gasteiger partial charge is 0.119 e. The van der Waals surface area contributed by atoms with E-state index in [1.165, 1.54) is 0 Å². The number of aliphatic hydroxyl groups is 2. The number of aliphatic hydroxyl groups excluding tert-OH is 1. The van der Waals surface area contributed by atoms with Gasteiger partial charge in [-0.25, -0.2) is 4.68 Å². The lowest BCUT2D eigenvalue weighted by Crippen LogP contribution is -2.22. The maximum absolute atomic E-state index is 10.8. The average molecular weight is 352 g/mol. The Hall–Kier alpha value is -2.63. The fraction of sp³-hybridized carbons (Fsp3) is 0.286. The summed E-state index contributed by atoms with van der Waals surface area (Å²) in [5, 5.41) is 24.6. The van der Waals surface area contributed by atoms with Gasteiger partial charge in [0.25, 0.3) is 0 Å². The van der Waals surface area contributed by atoms with Crippen molar-refractivity contribution in [2.45, 2.75) is 25.4 Å². The first kappa shape index (κ1) is 18.2. The molecule has 136 valence electrons. The van der Waals surface area contributed by atoms with E-state index in [2.05, 4.69) is 5.10 Å². The zero-order chi connectivity index (χ0) is 18.6. The molecule has 0 saturated carbocycles. The first-order chi connectivity index (χ1) is 12.5. The van der Waals surface area contributed by atoms with Gasteiger partial charge in [-0.3, -0.25) is 0 Å². The second-order valence-corrected chi connectivity index (χ2v) is 6.49. The summed E-state index contributed by atoms with van der Waals surface area (Å²) < 4.78 is 7.06. The number of rotatable bonds is 7. The third-order valence-electron chi connectivity index (χ3n) is 4.47. The second kappa shape index (κ2) is 7.72. The molecule has 5 nitrogen and oxygen atoms in total. The lowest BCUT2D eigenvalue weighted by Gasteiger charge is -2.20. The Labute approximate surface area is 153 Å². The van der Waals surface area contributed by atoms with Crippen molar-refractivity contribution in [1.82, 2.24) is 9.78 Å². The summed E-state index contributed by atoms with van der Waals surface area (Å²) in [5.74, 6) is 0.775. The van der Waals surface area contributed by atoms with Crippen LogP contribution in [-0.2, 0) is 5.60 Å². The zero-order valence-corrected chi connectivity index (χ0v) is 15.1. The summed E-state index contributed by atoms with van der Waals surface area (Å²) in [6.07, 6.45) is 0.959. The van der Waals surface area contributed by atoms with Gasteiger partial charge in [-0.2, -0.15) is 5.10 Å². The molecule has 2 N–H and O–H groups in total. The number of benzene rings is 2. The van der Waals surface area contributed by atoms with E-state index < -0.39 is 5.60 Å². The van der Waals surface area contributed by atoms with Crippen LogP contribution in [-0.4, -0.2) is 33.7 Å². The van der Waals surface area contributed by atoms with Crippen molar-refractivity contribution in [2.75, 3.05) is 13.7 Å². The van der Waals surface area contributed by atoms with Gasteiger partial charge in [0, 0.05) is 12.2 Å². The highest BCUT2D eigenvalue weighted by atomic mass is 16.5. The van der Waals surface area contributed by atoms with Crippen LogP contribution in [0.1, 0.15) is 25.5 Å². The lowest BCUT2D eigenvalue weighted by atomic mass is 9.96. The summed E-state index contributed by atoms with van der Waals surface area (Å²) in [4.78, 5) is 0. The Morgan fingerprint density at radius 3 is 2.38 bits per heavy atom. The van der Waals surface area contributed by atoms with Gasteiger partial charge in [-0.05, 0) is 50.1 Å². The van der Waals surface area contributed by atoms with Crippen LogP contribution in [0.4, 0.5) is 0 Å². The third-order valence-corrected chi connectivity index (χ3v) is 4.47. The van der Waals surface area contributed by atoms with Crippen molar-refractivity contribution in [3.63, 3.8) is 0 Å². The minimum Gasteiger partial charge on any atom is -0.497 e. The van der Waals surface area contributed by atoms with E-state index in [1.807, 2.05) is 65.3 Å². The molecular weight excluding hydrogens is 328 g/mol. The van der Waals surface area contributed by atoms with E-state index >= 15 is 0 Å². The third kappa shape index (κ3) is 3.79. The van der Waals surface area contributed by atoms with Gasteiger partial charge >= 0.3 is 0 Å². The average Bonchev–Trinajstić information content (AvgIpc) is 3.13. The standard InChI is InChI=1S/C21H24N2O3/c1-21(25,13-6-14-24)20-15-19(16-7-4-3-5-8-16)23(22-20)17-9-11-18(26-2)12-10-17/h3-5,7-12,15,24-25H,6,13-14H2,1-2H3. The molecule has 0 radical (unpaired) electrons. The molecule has 0 aliphatic heterocycles. The highest BCUT2D eigenvalue weighted by Gasteiger charge is 2.27. The van der Waals surface area contributed by atoms with Crippen molar-refractivity contribution >= 4 is 0 Å². The molecule has 3 aromatic rings. The number of aromatic nitrogens is 2. The van der Waals surface area contributed by atoms with Gasteiger partial charge in [0.2, 0.25) is 0 Å². The fourth-order valence-corrected chi connectivity index (χ4v) is 2.93. The summed E-state index contributed by atoms with van der Waals surface area (Å²) in [7, 11) is 1.63. The number of hydrogen-bond acceptors (Lipinski definition) is 4. The first-order valence-electron chi connectivity index (χ1n) is 8.69. The number of methoxy groups -OCH3 is 1. The van der Waals surface area contributed by atoms with Crippen molar-refractivity contribution in [1.29, 1.82) is 0 Å². The van der Waals surface area contributed by atoms with Crippen LogP contribution in [0.25, 0.3) is 16.9 Å². The van der Waals surface area contributed by atoms with Crippen LogP contribution in [0.15, 0.2) is 60.7 Å². The van der Waals surface area contributed by atoms with E-state index in [4.69, 9.17) is 9.84 Å². The van der Waals surface area contributed by atoms with Gasteiger partial charge in [-0.1, -0.05) is 30.3 Å². The highest BCUT2D eigenvalue weighted by molar-refractivity contribution is 5.63. The predicted molar refractivity (Wildman–Crippen MR) is 101 cm³/mol. The molecule has 0 aliphatic carbocycles. The summed E-state index contributed by atoms with van der Waals surface area (Å²) in [5.41, 5.74) is 2.27. The largest absolute Gasteiger partial charge is 0.497 e. The van der Waals surface area contributed by atoms with Crippen LogP contribution in [0.2, 0.25) is 0 Å². The topological polar surface area (TPSA) is 67.5 Å². The van der Waals surface area contributed by atoms with E-state index in [0.29, 0.717) is 18.5 Å². The molecule has 1 atom stereocenters. The van der Waals surface area contributed by atoms with E-state index in [1.54, 1.807) is 14.0 Å². The predicted octanol–water partition coefficient (Wildman–Crippen LogP) is 3.53. The Morgan fingerprint density at radius 2 is 1.77 bits per heavy atom. The van der Waals surface area contributed by atoms with Gasteiger partial charge < -0.3 is 14.9 Å². The van der Waals surface area contributed by atoms with Gasteiger partial charge in [0.15, 0.2) is 0 Å². The maximum atomic E-state index is 10.8. The van der Waals surface area contributed by atoms with E-state index in [0.717, 1.165) is 22.7 Å². The van der Waals surface area contributed by atoms with Crippen molar-refractivity contribution in [3.05, 3.63) is 66.4 Å². The zero-order valence-electron chi connectivity index (χ0n) is 15.1. The molecule has 5 heteroatoms. The molecule has 0 spiro atoms. The molecule has 1 unspecified atom stereocenters. The first-order valence-corrected chi connectivity index (χ1v) is 8.69. The normalized spacial score (nSPS) is 13.4. The van der Waals surface area contributed by atoms with E-state index in [9.17, 15) is 5.11 Å². The molecule has 0 fully saturated rings. The summed E-state index contributed by atoms with van der Waals surface area (Å²) in [6, 6.07) is 19.5. The van der Waals surface area contributed by atoms with Crippen LogP contribution in [0.3, 0.4) is 0 Å². The maximum Gasteiger partial charge on any atom is 0.119 e. The molecule has 26 heavy (non-hydrogen) atoms. The molecule has 1 aromatic heterocycles. The van der Waals surface area contributed by atoms with Crippen LogP contribution >= 0.6 is 0 Å². The van der Waals surface area contributed by atoms with Crippen LogP contribution in [0.5, 0.6) is 5.75 Å². The molecule has 2 aromatic carbocycles. The lowest BCUT2D eigenvalue weighted by molar-refractivity contribution is 0.0357. The molecule has 0 aliphatic rings. The Kier molecular flexibility index (Phi) is 5.40. The fourth-order valence-electron chi connectivity index (χ4n) is 2.93.